The average molecular weight is 277 g/mol. The highest BCUT2D eigenvalue weighted by atomic mass is 28.4. The molecule has 0 fully saturated rings. The van der Waals surface area contributed by atoms with Crippen molar-refractivity contribution >= 4 is 16.8 Å². The molecule has 6 heteroatoms. The van der Waals surface area contributed by atoms with Crippen LogP contribution in [-0.4, -0.2) is 43.0 Å². The van der Waals surface area contributed by atoms with Gasteiger partial charge in [0.1, 0.15) is 0 Å². The molecule has 0 spiro atoms. The molecule has 17 heavy (non-hydrogen) atoms. The minimum absolute atomic E-state index is 0.949. The first-order valence-electron chi connectivity index (χ1n) is 6.89. The molecule has 104 valence electrons. The van der Waals surface area contributed by atoms with Gasteiger partial charge in [-0.15, -0.1) is 0 Å². The van der Waals surface area contributed by atoms with Crippen molar-refractivity contribution in [1.29, 1.82) is 0 Å². The first kappa shape index (κ1) is 17.3. The molecular formula is C11H32N4Si2. The monoisotopic (exact) mass is 276 g/mol. The van der Waals surface area contributed by atoms with E-state index >= 15 is 0 Å². The lowest BCUT2D eigenvalue weighted by molar-refractivity contribution is 0.708. The summed E-state index contributed by atoms with van der Waals surface area (Å²) in [5.41, 5.74) is 0. The maximum Gasteiger partial charge on any atom is 0.365 e. The predicted molar refractivity (Wildman–Crippen MR) is 82.9 cm³/mol. The van der Waals surface area contributed by atoms with Crippen molar-refractivity contribution < 1.29 is 0 Å². The second-order valence-corrected chi connectivity index (χ2v) is 14.1. The quantitative estimate of drug-likeness (QED) is 0.453. The van der Waals surface area contributed by atoms with Crippen LogP contribution in [0.1, 0.15) is 20.8 Å². The molecule has 0 amide bonds. The Morgan fingerprint density at radius 2 is 1.12 bits per heavy atom. The average Bonchev–Trinajstić information content (AvgIpc) is 2.16. The van der Waals surface area contributed by atoms with Crippen molar-refractivity contribution in [3.05, 3.63) is 0 Å². The molecule has 0 aromatic rings. The van der Waals surface area contributed by atoms with Gasteiger partial charge in [0, 0.05) is 8.07 Å². The first-order chi connectivity index (χ1) is 7.89. The van der Waals surface area contributed by atoms with Crippen LogP contribution in [0.4, 0.5) is 0 Å². The van der Waals surface area contributed by atoms with Gasteiger partial charge < -0.3 is 19.9 Å². The summed E-state index contributed by atoms with van der Waals surface area (Å²) >= 11 is 0. The minimum Gasteiger partial charge on any atom is -0.301 e. The molecule has 0 aliphatic rings. The Hall–Kier alpha value is 0.274. The van der Waals surface area contributed by atoms with Crippen molar-refractivity contribution in [2.75, 3.05) is 26.2 Å². The molecule has 0 saturated heterocycles. The Kier molecular flexibility index (Phi) is 8.52. The van der Waals surface area contributed by atoms with Gasteiger partial charge in [-0.25, -0.2) is 0 Å². The summed E-state index contributed by atoms with van der Waals surface area (Å²) in [6.07, 6.45) is 0. The van der Waals surface area contributed by atoms with E-state index in [0.717, 1.165) is 26.2 Å². The molecule has 0 heterocycles. The van der Waals surface area contributed by atoms with Gasteiger partial charge in [0.25, 0.3) is 0 Å². The maximum atomic E-state index is 3.73. The van der Waals surface area contributed by atoms with Gasteiger partial charge in [-0.05, 0) is 32.2 Å². The fraction of sp³-hybridized carbons (Fsp3) is 1.00. The van der Waals surface area contributed by atoms with Crippen LogP contribution in [0.5, 0.6) is 0 Å². The Morgan fingerprint density at radius 1 is 0.706 bits per heavy atom. The summed E-state index contributed by atoms with van der Waals surface area (Å²) in [4.78, 5) is 14.5. The zero-order valence-corrected chi connectivity index (χ0v) is 14.5. The Balaban J connectivity index is 4.33. The Bertz CT molecular complexity index is 177. The van der Waals surface area contributed by atoms with Crippen LogP contribution in [0.2, 0.25) is 25.7 Å². The molecule has 0 rings (SSSR count). The number of nitrogens with one attached hydrogen (secondary N) is 4. The van der Waals surface area contributed by atoms with E-state index in [2.05, 4.69) is 60.3 Å². The molecule has 4 nitrogen and oxygen atoms in total. The molecule has 4 N–H and O–H groups in total. The third kappa shape index (κ3) is 8.07. The van der Waals surface area contributed by atoms with Crippen LogP contribution in [0.25, 0.3) is 0 Å². The lowest BCUT2D eigenvalue weighted by Gasteiger charge is -2.34. The SMILES string of the molecule is CCN[Si](NCC)(NCC)NCC[Si](C)(C)C. The van der Waals surface area contributed by atoms with Crippen LogP contribution in [-0.2, 0) is 0 Å². The second-order valence-electron chi connectivity index (χ2n) is 5.58. The highest BCUT2D eigenvalue weighted by Crippen LogP contribution is 2.06. The van der Waals surface area contributed by atoms with E-state index in [1.807, 2.05) is 0 Å². The largest absolute Gasteiger partial charge is 0.365 e. The fourth-order valence-electron chi connectivity index (χ4n) is 1.80. The van der Waals surface area contributed by atoms with Gasteiger partial charge in [0.05, 0.1) is 0 Å². The van der Waals surface area contributed by atoms with E-state index in [1.54, 1.807) is 0 Å². The summed E-state index contributed by atoms with van der Waals surface area (Å²) in [7, 11) is -2.82. The Labute approximate surface area is 110 Å². The van der Waals surface area contributed by atoms with E-state index in [1.165, 1.54) is 6.04 Å². The van der Waals surface area contributed by atoms with Crippen molar-refractivity contribution in [2.45, 2.75) is 46.5 Å². The van der Waals surface area contributed by atoms with Crippen LogP contribution < -0.4 is 19.9 Å². The molecule has 0 aliphatic heterocycles. The highest BCUT2D eigenvalue weighted by molar-refractivity contribution is 6.76. The van der Waals surface area contributed by atoms with Gasteiger partial charge in [-0.1, -0.05) is 40.4 Å². The molecule has 0 aliphatic carbocycles. The summed E-state index contributed by atoms with van der Waals surface area (Å²) in [6, 6.07) is 1.32. The van der Waals surface area contributed by atoms with Gasteiger partial charge >= 0.3 is 8.72 Å². The van der Waals surface area contributed by atoms with E-state index in [0.29, 0.717) is 0 Å². The number of hydrogen-bond donors (Lipinski definition) is 4. The van der Waals surface area contributed by atoms with Crippen LogP contribution in [0.3, 0.4) is 0 Å². The van der Waals surface area contributed by atoms with Gasteiger partial charge in [-0.3, -0.25) is 0 Å². The van der Waals surface area contributed by atoms with E-state index in [9.17, 15) is 0 Å². The standard InChI is InChI=1S/C11H32N4Si2/c1-7-12-17(13-8-2,14-9-3)15-10-11-16(4,5)6/h12-15H,7-11H2,1-6H3. The minimum atomic E-state index is -1.87. The smallest absolute Gasteiger partial charge is 0.301 e. The molecule has 0 saturated carbocycles. The van der Waals surface area contributed by atoms with Crippen molar-refractivity contribution in [3.8, 4) is 0 Å². The summed E-state index contributed by atoms with van der Waals surface area (Å²) in [5.74, 6) is 0. The highest BCUT2D eigenvalue weighted by Gasteiger charge is 2.32. The van der Waals surface area contributed by atoms with Crippen LogP contribution in [0.15, 0.2) is 0 Å². The van der Waals surface area contributed by atoms with Gasteiger partial charge in [0.15, 0.2) is 0 Å². The third-order valence-corrected chi connectivity index (χ3v) is 7.77. The molecule has 0 bridgehead atoms. The van der Waals surface area contributed by atoms with E-state index in [-0.39, 0.29) is 0 Å². The normalized spacial score (nSPS) is 13.1. The molecular weight excluding hydrogens is 244 g/mol. The third-order valence-electron chi connectivity index (χ3n) is 2.59. The summed E-state index contributed by atoms with van der Waals surface area (Å²) in [5, 5.41) is 0. The topological polar surface area (TPSA) is 48.1 Å². The van der Waals surface area contributed by atoms with Crippen LogP contribution in [0, 0.1) is 0 Å². The predicted octanol–water partition coefficient (Wildman–Crippen LogP) is 1.18. The zero-order valence-electron chi connectivity index (χ0n) is 12.5. The van der Waals surface area contributed by atoms with Crippen molar-refractivity contribution in [2.24, 2.45) is 0 Å². The summed E-state index contributed by atoms with van der Waals surface area (Å²) in [6.45, 7) is 17.8. The van der Waals surface area contributed by atoms with Crippen LogP contribution >= 0.6 is 0 Å². The number of hydrogen-bond acceptors (Lipinski definition) is 4. The molecule has 0 unspecified atom stereocenters. The molecule has 0 atom stereocenters. The molecule has 0 aromatic heterocycles. The van der Waals surface area contributed by atoms with Crippen molar-refractivity contribution in [3.63, 3.8) is 0 Å². The lowest BCUT2D eigenvalue weighted by Crippen LogP contribution is -2.80. The molecule has 0 aromatic carbocycles. The van der Waals surface area contributed by atoms with Gasteiger partial charge in [0.2, 0.25) is 0 Å². The fourth-order valence-corrected chi connectivity index (χ4v) is 5.76. The van der Waals surface area contributed by atoms with E-state index < -0.39 is 16.8 Å². The lowest BCUT2D eigenvalue weighted by atomic mass is 10.8. The van der Waals surface area contributed by atoms with Gasteiger partial charge in [-0.2, -0.15) is 0 Å². The second kappa shape index (κ2) is 8.39. The summed E-state index contributed by atoms with van der Waals surface area (Å²) < 4.78 is 0. The number of rotatable bonds is 10. The first-order valence-corrected chi connectivity index (χ1v) is 12.6. The maximum absolute atomic E-state index is 3.73. The van der Waals surface area contributed by atoms with E-state index in [4.69, 9.17) is 0 Å². The van der Waals surface area contributed by atoms with Crippen molar-refractivity contribution in [1.82, 2.24) is 19.9 Å². The molecule has 0 radical (unpaired) electrons. The zero-order chi connectivity index (χ0) is 13.4. The Morgan fingerprint density at radius 3 is 1.41 bits per heavy atom.